The lowest BCUT2D eigenvalue weighted by molar-refractivity contribution is 1.01. The summed E-state index contributed by atoms with van der Waals surface area (Å²) in [4.78, 5) is 8.58. The Morgan fingerprint density at radius 1 is 1.20 bits per heavy atom. The van der Waals surface area contributed by atoms with Gasteiger partial charge >= 0.3 is 0 Å². The van der Waals surface area contributed by atoms with Gasteiger partial charge in [-0.15, -0.1) is 0 Å². The van der Waals surface area contributed by atoms with Crippen LogP contribution in [0.25, 0.3) is 0 Å². The Bertz CT molecular complexity index is 581. The van der Waals surface area contributed by atoms with E-state index in [9.17, 15) is 0 Å². The van der Waals surface area contributed by atoms with Crippen molar-refractivity contribution in [3.63, 3.8) is 0 Å². The minimum absolute atomic E-state index is 0.598. The predicted molar refractivity (Wildman–Crippen MR) is 86.7 cm³/mol. The predicted octanol–water partition coefficient (Wildman–Crippen LogP) is 4.47. The second kappa shape index (κ2) is 6.95. The zero-order valence-electron chi connectivity index (χ0n) is 11.9. The fourth-order valence-electron chi connectivity index (χ4n) is 2.00. The van der Waals surface area contributed by atoms with Gasteiger partial charge in [0.05, 0.1) is 11.2 Å². The average molecular weight is 308 g/mol. The molecule has 0 unspecified atom stereocenters. The van der Waals surface area contributed by atoms with Gasteiger partial charge in [0.1, 0.15) is 5.03 Å². The number of aromatic nitrogens is 2. The molecule has 0 aliphatic heterocycles. The first-order chi connectivity index (χ1) is 9.58. The molecule has 1 N–H and O–H groups in total. The SMILES string of the molecule is CCNc1ncc(Cl)c(SCc2cc(C)cc(C)c2)n1. The monoisotopic (exact) mass is 307 g/mol. The molecule has 2 aromatic rings. The molecular formula is C15H18ClN3S. The molecule has 0 spiro atoms. The maximum absolute atomic E-state index is 6.15. The first-order valence-electron chi connectivity index (χ1n) is 6.55. The van der Waals surface area contributed by atoms with Gasteiger partial charge in [0.2, 0.25) is 5.95 Å². The van der Waals surface area contributed by atoms with Crippen molar-refractivity contribution in [2.45, 2.75) is 31.6 Å². The summed E-state index contributed by atoms with van der Waals surface area (Å²) < 4.78 is 0. The minimum Gasteiger partial charge on any atom is -0.354 e. The Morgan fingerprint density at radius 2 is 1.90 bits per heavy atom. The average Bonchev–Trinajstić information content (AvgIpc) is 2.38. The van der Waals surface area contributed by atoms with Gasteiger partial charge in [-0.3, -0.25) is 0 Å². The van der Waals surface area contributed by atoms with Crippen LogP contribution >= 0.6 is 23.4 Å². The van der Waals surface area contributed by atoms with Crippen LogP contribution in [0.4, 0.5) is 5.95 Å². The van der Waals surface area contributed by atoms with E-state index in [1.54, 1.807) is 18.0 Å². The van der Waals surface area contributed by atoms with Crippen LogP contribution in [0.3, 0.4) is 0 Å². The number of halogens is 1. The Balaban J connectivity index is 2.11. The number of thioether (sulfide) groups is 1. The molecule has 3 nitrogen and oxygen atoms in total. The van der Waals surface area contributed by atoms with Gasteiger partial charge in [-0.1, -0.05) is 52.7 Å². The fourth-order valence-corrected chi connectivity index (χ4v) is 3.07. The number of aryl methyl sites for hydroxylation is 2. The normalized spacial score (nSPS) is 10.6. The molecule has 20 heavy (non-hydrogen) atoms. The molecule has 0 bridgehead atoms. The Morgan fingerprint density at radius 3 is 2.55 bits per heavy atom. The highest BCUT2D eigenvalue weighted by molar-refractivity contribution is 7.98. The zero-order chi connectivity index (χ0) is 14.5. The Kier molecular flexibility index (Phi) is 5.26. The summed E-state index contributed by atoms with van der Waals surface area (Å²) in [6.07, 6.45) is 1.65. The number of hydrogen-bond acceptors (Lipinski definition) is 4. The number of anilines is 1. The number of hydrogen-bond donors (Lipinski definition) is 1. The summed E-state index contributed by atoms with van der Waals surface area (Å²) in [5.74, 6) is 1.48. The smallest absolute Gasteiger partial charge is 0.223 e. The van der Waals surface area contributed by atoms with Crippen molar-refractivity contribution in [2.75, 3.05) is 11.9 Å². The van der Waals surface area contributed by atoms with E-state index in [2.05, 4.69) is 47.3 Å². The molecular weight excluding hydrogens is 290 g/mol. The van der Waals surface area contributed by atoms with E-state index in [0.717, 1.165) is 17.3 Å². The standard InChI is InChI=1S/C15H18ClN3S/c1-4-17-15-18-8-13(16)14(19-15)20-9-12-6-10(2)5-11(3)7-12/h5-8H,4,9H2,1-3H3,(H,17,18,19). The lowest BCUT2D eigenvalue weighted by Gasteiger charge is -2.07. The van der Waals surface area contributed by atoms with Gasteiger partial charge in [0, 0.05) is 12.3 Å². The molecule has 0 amide bonds. The molecule has 0 fully saturated rings. The molecule has 5 heteroatoms. The van der Waals surface area contributed by atoms with E-state index in [0.29, 0.717) is 11.0 Å². The molecule has 1 heterocycles. The van der Waals surface area contributed by atoms with E-state index in [1.807, 2.05) is 6.92 Å². The van der Waals surface area contributed by atoms with Crippen LogP contribution in [-0.2, 0) is 5.75 Å². The van der Waals surface area contributed by atoms with Gasteiger partial charge in [-0.2, -0.15) is 0 Å². The van der Waals surface area contributed by atoms with Crippen molar-refractivity contribution in [3.05, 3.63) is 46.1 Å². The number of nitrogens with zero attached hydrogens (tertiary/aromatic N) is 2. The molecule has 1 aromatic carbocycles. The highest BCUT2D eigenvalue weighted by Gasteiger charge is 2.07. The third-order valence-electron chi connectivity index (χ3n) is 2.70. The third kappa shape index (κ3) is 4.12. The Labute approximate surface area is 129 Å². The van der Waals surface area contributed by atoms with Crippen LogP contribution in [0.2, 0.25) is 5.02 Å². The summed E-state index contributed by atoms with van der Waals surface area (Å²) in [5.41, 5.74) is 3.85. The molecule has 0 atom stereocenters. The number of nitrogens with one attached hydrogen (secondary N) is 1. The van der Waals surface area contributed by atoms with Gasteiger partial charge in [-0.05, 0) is 26.3 Å². The summed E-state index contributed by atoms with van der Waals surface area (Å²) in [7, 11) is 0. The van der Waals surface area contributed by atoms with Crippen molar-refractivity contribution in [1.29, 1.82) is 0 Å². The third-order valence-corrected chi connectivity index (χ3v) is 4.15. The van der Waals surface area contributed by atoms with E-state index < -0.39 is 0 Å². The van der Waals surface area contributed by atoms with Gasteiger partial charge in [0.25, 0.3) is 0 Å². The highest BCUT2D eigenvalue weighted by atomic mass is 35.5. The van der Waals surface area contributed by atoms with Crippen LogP contribution in [0.1, 0.15) is 23.6 Å². The fraction of sp³-hybridized carbons (Fsp3) is 0.333. The first-order valence-corrected chi connectivity index (χ1v) is 7.91. The summed E-state index contributed by atoms with van der Waals surface area (Å²) in [5, 5.41) is 4.51. The Hall–Kier alpha value is -1.26. The molecule has 0 saturated heterocycles. The lowest BCUT2D eigenvalue weighted by atomic mass is 10.1. The van der Waals surface area contributed by atoms with Gasteiger partial charge in [0.15, 0.2) is 0 Å². The molecule has 0 aliphatic carbocycles. The molecule has 0 aliphatic rings. The van der Waals surface area contributed by atoms with Crippen LogP contribution in [-0.4, -0.2) is 16.5 Å². The van der Waals surface area contributed by atoms with Gasteiger partial charge < -0.3 is 5.32 Å². The second-order valence-corrected chi connectivity index (χ2v) is 6.03. The van der Waals surface area contributed by atoms with Crippen molar-refractivity contribution >= 4 is 29.3 Å². The van der Waals surface area contributed by atoms with E-state index in [-0.39, 0.29) is 0 Å². The second-order valence-electron chi connectivity index (χ2n) is 4.66. The summed E-state index contributed by atoms with van der Waals surface area (Å²) in [6, 6.07) is 6.57. The first kappa shape index (κ1) is 15.1. The topological polar surface area (TPSA) is 37.8 Å². The molecule has 0 radical (unpaired) electrons. The minimum atomic E-state index is 0.598. The van der Waals surface area contributed by atoms with Crippen LogP contribution in [0.15, 0.2) is 29.4 Å². The maximum atomic E-state index is 6.15. The zero-order valence-corrected chi connectivity index (χ0v) is 13.5. The van der Waals surface area contributed by atoms with E-state index >= 15 is 0 Å². The largest absolute Gasteiger partial charge is 0.354 e. The maximum Gasteiger partial charge on any atom is 0.223 e. The number of rotatable bonds is 5. The quantitative estimate of drug-likeness (QED) is 0.653. The van der Waals surface area contributed by atoms with Gasteiger partial charge in [-0.25, -0.2) is 9.97 Å². The summed E-state index contributed by atoms with van der Waals surface area (Å²) in [6.45, 7) is 7.04. The molecule has 1 aromatic heterocycles. The van der Waals surface area contributed by atoms with E-state index in [4.69, 9.17) is 11.6 Å². The molecule has 106 valence electrons. The van der Waals surface area contributed by atoms with Crippen LogP contribution in [0.5, 0.6) is 0 Å². The van der Waals surface area contributed by atoms with Crippen LogP contribution in [0, 0.1) is 13.8 Å². The van der Waals surface area contributed by atoms with Crippen molar-refractivity contribution in [1.82, 2.24) is 9.97 Å². The van der Waals surface area contributed by atoms with Crippen LogP contribution < -0.4 is 5.32 Å². The number of benzene rings is 1. The lowest BCUT2D eigenvalue weighted by Crippen LogP contribution is -2.02. The van der Waals surface area contributed by atoms with Crippen molar-refractivity contribution in [3.8, 4) is 0 Å². The molecule has 0 saturated carbocycles. The highest BCUT2D eigenvalue weighted by Crippen LogP contribution is 2.28. The molecule has 2 rings (SSSR count). The van der Waals surface area contributed by atoms with Crippen molar-refractivity contribution < 1.29 is 0 Å². The van der Waals surface area contributed by atoms with E-state index in [1.165, 1.54) is 16.7 Å². The summed E-state index contributed by atoms with van der Waals surface area (Å²) >= 11 is 7.79. The van der Waals surface area contributed by atoms with Crippen molar-refractivity contribution in [2.24, 2.45) is 0 Å².